The number of hydrogen-bond acceptors (Lipinski definition) is 3. The van der Waals surface area contributed by atoms with Crippen molar-refractivity contribution in [2.75, 3.05) is 31.6 Å². The van der Waals surface area contributed by atoms with E-state index in [4.69, 9.17) is 5.11 Å². The molecular weight excluding hydrogens is 270 g/mol. The summed E-state index contributed by atoms with van der Waals surface area (Å²) >= 11 is 0. The second-order valence-corrected chi connectivity index (χ2v) is 5.34. The van der Waals surface area contributed by atoms with Crippen molar-refractivity contribution in [3.63, 3.8) is 0 Å². The fourth-order valence-corrected chi connectivity index (χ4v) is 2.31. The van der Waals surface area contributed by atoms with Crippen molar-refractivity contribution in [1.82, 2.24) is 10.2 Å². The SMILES string of the molecule is Cc1ccc(N2C[C@@H](NC(=O)N(C)CCO)CC2=O)cc1. The third kappa shape index (κ3) is 3.72. The Morgan fingerprint density at radius 3 is 2.71 bits per heavy atom. The largest absolute Gasteiger partial charge is 0.395 e. The zero-order valence-corrected chi connectivity index (χ0v) is 12.4. The van der Waals surface area contributed by atoms with Crippen molar-refractivity contribution in [2.24, 2.45) is 0 Å². The first-order chi connectivity index (χ1) is 10.0. The summed E-state index contributed by atoms with van der Waals surface area (Å²) in [7, 11) is 1.61. The van der Waals surface area contributed by atoms with Gasteiger partial charge in [0.25, 0.3) is 0 Å². The number of urea groups is 1. The van der Waals surface area contributed by atoms with Gasteiger partial charge < -0.3 is 20.2 Å². The predicted molar refractivity (Wildman–Crippen MR) is 80.2 cm³/mol. The summed E-state index contributed by atoms with van der Waals surface area (Å²) in [6, 6.07) is 7.28. The third-order valence-corrected chi connectivity index (χ3v) is 3.58. The molecule has 0 bridgehead atoms. The van der Waals surface area contributed by atoms with Gasteiger partial charge in [-0.05, 0) is 19.1 Å². The lowest BCUT2D eigenvalue weighted by atomic mass is 10.2. The lowest BCUT2D eigenvalue weighted by Crippen LogP contribution is -2.45. The number of amides is 3. The minimum atomic E-state index is -0.271. The molecule has 0 aliphatic carbocycles. The van der Waals surface area contributed by atoms with Crippen molar-refractivity contribution >= 4 is 17.6 Å². The van der Waals surface area contributed by atoms with Crippen LogP contribution >= 0.6 is 0 Å². The molecule has 1 aliphatic heterocycles. The van der Waals surface area contributed by atoms with Crippen molar-refractivity contribution < 1.29 is 14.7 Å². The van der Waals surface area contributed by atoms with E-state index >= 15 is 0 Å². The monoisotopic (exact) mass is 291 g/mol. The fourth-order valence-electron chi connectivity index (χ4n) is 2.31. The van der Waals surface area contributed by atoms with Crippen molar-refractivity contribution in [1.29, 1.82) is 0 Å². The van der Waals surface area contributed by atoms with Gasteiger partial charge in [0, 0.05) is 32.2 Å². The Balaban J connectivity index is 1.96. The Morgan fingerprint density at radius 1 is 1.43 bits per heavy atom. The Morgan fingerprint density at radius 2 is 2.10 bits per heavy atom. The van der Waals surface area contributed by atoms with E-state index in [9.17, 15) is 9.59 Å². The van der Waals surface area contributed by atoms with Gasteiger partial charge in [0.1, 0.15) is 0 Å². The van der Waals surface area contributed by atoms with Crippen LogP contribution in [0.5, 0.6) is 0 Å². The summed E-state index contributed by atoms with van der Waals surface area (Å²) in [5, 5.41) is 11.6. The molecule has 6 heteroatoms. The molecule has 0 spiro atoms. The number of nitrogens with zero attached hydrogens (tertiary/aromatic N) is 2. The van der Waals surface area contributed by atoms with E-state index in [0.29, 0.717) is 13.0 Å². The number of aliphatic hydroxyl groups excluding tert-OH is 1. The van der Waals surface area contributed by atoms with Gasteiger partial charge >= 0.3 is 6.03 Å². The van der Waals surface area contributed by atoms with E-state index in [1.165, 1.54) is 4.90 Å². The van der Waals surface area contributed by atoms with E-state index in [-0.39, 0.29) is 31.1 Å². The van der Waals surface area contributed by atoms with E-state index in [2.05, 4.69) is 5.32 Å². The molecule has 6 nitrogen and oxygen atoms in total. The maximum absolute atomic E-state index is 12.1. The zero-order valence-electron chi connectivity index (χ0n) is 12.4. The average Bonchev–Trinajstić information content (AvgIpc) is 2.80. The van der Waals surface area contributed by atoms with Gasteiger partial charge in [0.2, 0.25) is 5.91 Å². The molecule has 2 rings (SSSR count). The second kappa shape index (κ2) is 6.58. The average molecular weight is 291 g/mol. The summed E-state index contributed by atoms with van der Waals surface area (Å²) < 4.78 is 0. The maximum Gasteiger partial charge on any atom is 0.317 e. The molecule has 3 amide bonds. The number of aryl methyl sites for hydroxylation is 1. The Hall–Kier alpha value is -2.08. The summed E-state index contributed by atoms with van der Waals surface area (Å²) in [5.41, 5.74) is 1.99. The number of benzene rings is 1. The van der Waals surface area contributed by atoms with Crippen molar-refractivity contribution in [3.05, 3.63) is 29.8 Å². The van der Waals surface area contributed by atoms with E-state index in [0.717, 1.165) is 11.3 Å². The number of carbonyl (C=O) groups excluding carboxylic acids is 2. The summed E-state index contributed by atoms with van der Waals surface area (Å²) in [6.45, 7) is 2.66. The normalized spacial score (nSPS) is 18.0. The number of anilines is 1. The van der Waals surface area contributed by atoms with Crippen molar-refractivity contribution in [3.8, 4) is 0 Å². The van der Waals surface area contributed by atoms with Gasteiger partial charge in [0.15, 0.2) is 0 Å². The van der Waals surface area contributed by atoms with Gasteiger partial charge in [-0.1, -0.05) is 17.7 Å². The molecule has 0 saturated carbocycles. The summed E-state index contributed by atoms with van der Waals surface area (Å²) in [4.78, 5) is 27.0. The summed E-state index contributed by atoms with van der Waals surface area (Å²) in [5.74, 6) is 0.00830. The van der Waals surface area contributed by atoms with Crippen molar-refractivity contribution in [2.45, 2.75) is 19.4 Å². The Kier molecular flexibility index (Phi) is 4.80. The van der Waals surface area contributed by atoms with Crippen LogP contribution < -0.4 is 10.2 Å². The van der Waals surface area contributed by atoms with Crippen LogP contribution in [-0.2, 0) is 4.79 Å². The number of hydrogen-bond donors (Lipinski definition) is 2. The zero-order chi connectivity index (χ0) is 15.4. The van der Waals surface area contributed by atoms with Gasteiger partial charge in [-0.25, -0.2) is 4.79 Å². The molecule has 0 radical (unpaired) electrons. The quantitative estimate of drug-likeness (QED) is 0.859. The van der Waals surface area contributed by atoms with Crippen LogP contribution in [0.1, 0.15) is 12.0 Å². The molecule has 1 fully saturated rings. The highest BCUT2D eigenvalue weighted by Crippen LogP contribution is 2.22. The highest BCUT2D eigenvalue weighted by Gasteiger charge is 2.31. The van der Waals surface area contributed by atoms with Crippen LogP contribution in [0, 0.1) is 6.92 Å². The van der Waals surface area contributed by atoms with E-state index in [1.807, 2.05) is 31.2 Å². The van der Waals surface area contributed by atoms with Gasteiger partial charge in [-0.15, -0.1) is 0 Å². The number of likely N-dealkylation sites (N-methyl/N-ethyl adjacent to an activating group) is 1. The highest BCUT2D eigenvalue weighted by atomic mass is 16.3. The predicted octanol–water partition coefficient (Wildman–Crippen LogP) is 0.734. The topological polar surface area (TPSA) is 72.9 Å². The lowest BCUT2D eigenvalue weighted by molar-refractivity contribution is -0.117. The third-order valence-electron chi connectivity index (χ3n) is 3.58. The number of carbonyl (C=O) groups is 2. The van der Waals surface area contributed by atoms with Crippen LogP contribution in [0.2, 0.25) is 0 Å². The molecular formula is C15H21N3O3. The smallest absolute Gasteiger partial charge is 0.317 e. The van der Waals surface area contributed by atoms with Gasteiger partial charge in [-0.3, -0.25) is 4.79 Å². The number of aliphatic hydroxyl groups is 1. The molecule has 0 unspecified atom stereocenters. The second-order valence-electron chi connectivity index (χ2n) is 5.34. The first-order valence-electron chi connectivity index (χ1n) is 7.01. The van der Waals surface area contributed by atoms with Crippen LogP contribution in [0.3, 0.4) is 0 Å². The highest BCUT2D eigenvalue weighted by molar-refractivity contribution is 5.96. The number of rotatable bonds is 4. The molecule has 1 aromatic carbocycles. The Bertz CT molecular complexity index is 515. The molecule has 2 N–H and O–H groups in total. The van der Waals surface area contributed by atoms with E-state index < -0.39 is 0 Å². The van der Waals surface area contributed by atoms with Crippen LogP contribution in [0.4, 0.5) is 10.5 Å². The molecule has 1 heterocycles. The van der Waals surface area contributed by atoms with Gasteiger partial charge in [-0.2, -0.15) is 0 Å². The first-order valence-corrected chi connectivity index (χ1v) is 7.01. The minimum absolute atomic E-state index is 0.00830. The Labute approximate surface area is 124 Å². The summed E-state index contributed by atoms with van der Waals surface area (Å²) in [6.07, 6.45) is 0.298. The standard InChI is InChI=1S/C15H21N3O3/c1-11-3-5-13(6-4-11)18-10-12(9-14(18)20)16-15(21)17(2)7-8-19/h3-6,12,19H,7-10H2,1-2H3,(H,16,21)/t12-/m0/s1. The first kappa shape index (κ1) is 15.3. The van der Waals surface area contributed by atoms with E-state index in [1.54, 1.807) is 11.9 Å². The molecule has 21 heavy (non-hydrogen) atoms. The molecule has 114 valence electrons. The molecule has 1 aromatic rings. The molecule has 0 aromatic heterocycles. The molecule has 1 atom stereocenters. The van der Waals surface area contributed by atoms with Crippen LogP contribution in [0.25, 0.3) is 0 Å². The maximum atomic E-state index is 12.1. The number of nitrogens with one attached hydrogen (secondary N) is 1. The molecule has 1 aliphatic rings. The fraction of sp³-hybridized carbons (Fsp3) is 0.467. The minimum Gasteiger partial charge on any atom is -0.395 e. The molecule has 1 saturated heterocycles. The van der Waals surface area contributed by atoms with Crippen LogP contribution in [0.15, 0.2) is 24.3 Å². The van der Waals surface area contributed by atoms with Crippen LogP contribution in [-0.4, -0.2) is 54.7 Å². The van der Waals surface area contributed by atoms with Gasteiger partial charge in [0.05, 0.1) is 12.6 Å². The lowest BCUT2D eigenvalue weighted by Gasteiger charge is -2.20.